The van der Waals surface area contributed by atoms with Gasteiger partial charge in [0, 0.05) is 6.07 Å². The number of hydrogen-bond donors (Lipinski definition) is 2. The molecule has 0 aromatic heterocycles. The van der Waals surface area contributed by atoms with Gasteiger partial charge in [-0.25, -0.2) is 0 Å². The largest absolute Gasteiger partial charge is 0.487 e. The third-order valence-corrected chi connectivity index (χ3v) is 3.29. The van der Waals surface area contributed by atoms with Crippen LogP contribution < -0.4 is 16.2 Å². The molecule has 21 heavy (non-hydrogen) atoms. The predicted octanol–water partition coefficient (Wildman–Crippen LogP) is 1.66. The van der Waals surface area contributed by atoms with Crippen molar-refractivity contribution in [3.8, 4) is 5.75 Å². The Morgan fingerprint density at radius 2 is 2.10 bits per heavy atom. The molecule has 1 aromatic carbocycles. The van der Waals surface area contributed by atoms with Crippen molar-refractivity contribution in [2.24, 2.45) is 11.5 Å². The van der Waals surface area contributed by atoms with Gasteiger partial charge in [-0.3, -0.25) is 14.9 Å². The van der Waals surface area contributed by atoms with E-state index in [-0.39, 0.29) is 11.4 Å². The van der Waals surface area contributed by atoms with Crippen LogP contribution in [0.3, 0.4) is 0 Å². The summed E-state index contributed by atoms with van der Waals surface area (Å²) in [4.78, 5) is 21.5. The number of para-hydroxylation sites is 1. The first-order chi connectivity index (χ1) is 9.75. The fraction of sp³-hybridized carbons (Fsp3) is 0.500. The van der Waals surface area contributed by atoms with Crippen molar-refractivity contribution in [3.63, 3.8) is 0 Å². The van der Waals surface area contributed by atoms with Crippen LogP contribution in [0.2, 0.25) is 0 Å². The lowest BCUT2D eigenvalue weighted by atomic mass is 9.96. The highest BCUT2D eigenvalue weighted by atomic mass is 16.6. The number of nitro benzene ring substituents is 1. The average Bonchev–Trinajstić information content (AvgIpc) is 2.39. The van der Waals surface area contributed by atoms with Crippen molar-refractivity contribution in [1.82, 2.24) is 0 Å². The number of benzene rings is 1. The van der Waals surface area contributed by atoms with Crippen molar-refractivity contribution in [1.29, 1.82) is 0 Å². The van der Waals surface area contributed by atoms with Crippen LogP contribution in [0.25, 0.3) is 0 Å². The maximum Gasteiger partial charge on any atom is 0.311 e. The molecule has 7 nitrogen and oxygen atoms in total. The van der Waals surface area contributed by atoms with Gasteiger partial charge in [0.25, 0.3) is 0 Å². The Morgan fingerprint density at radius 3 is 2.67 bits per heavy atom. The van der Waals surface area contributed by atoms with E-state index in [0.717, 1.165) is 0 Å². The van der Waals surface area contributed by atoms with E-state index in [0.29, 0.717) is 31.4 Å². The van der Waals surface area contributed by atoms with Crippen LogP contribution >= 0.6 is 0 Å². The third kappa shape index (κ3) is 4.71. The Hall–Kier alpha value is -2.15. The monoisotopic (exact) mass is 295 g/mol. The molecule has 0 radical (unpaired) electrons. The first-order valence-electron chi connectivity index (χ1n) is 6.71. The van der Waals surface area contributed by atoms with E-state index in [9.17, 15) is 14.9 Å². The molecule has 0 aliphatic heterocycles. The first kappa shape index (κ1) is 16.9. The minimum Gasteiger partial charge on any atom is -0.487 e. The summed E-state index contributed by atoms with van der Waals surface area (Å²) in [7, 11) is 0. The van der Waals surface area contributed by atoms with Crippen LogP contribution in [0.15, 0.2) is 18.2 Å². The Bertz CT molecular complexity index is 529. The van der Waals surface area contributed by atoms with Gasteiger partial charge < -0.3 is 16.2 Å². The molecular weight excluding hydrogens is 274 g/mol. The molecular formula is C14H21N3O4. The van der Waals surface area contributed by atoms with Crippen molar-refractivity contribution in [2.75, 3.05) is 6.61 Å². The second-order valence-corrected chi connectivity index (χ2v) is 5.27. The highest BCUT2D eigenvalue weighted by Crippen LogP contribution is 2.30. The number of nitro groups is 1. The standard InChI is InChI=1S/C14H21N3O4/c1-10-6-5-7-11(17(19)20)12(10)21-9-4-3-8-14(2,16)13(15)18/h5-7H,3-4,8-9,16H2,1-2H3,(H2,15,18). The fourth-order valence-corrected chi connectivity index (χ4v) is 1.86. The van der Waals surface area contributed by atoms with Crippen LogP contribution in [0, 0.1) is 17.0 Å². The number of primary amides is 1. The molecule has 0 saturated carbocycles. The average molecular weight is 295 g/mol. The molecule has 0 heterocycles. The third-order valence-electron chi connectivity index (χ3n) is 3.29. The summed E-state index contributed by atoms with van der Waals surface area (Å²) in [5.41, 5.74) is 10.5. The van der Waals surface area contributed by atoms with Gasteiger partial charge in [0.2, 0.25) is 5.91 Å². The van der Waals surface area contributed by atoms with Crippen LogP contribution in [0.1, 0.15) is 31.7 Å². The van der Waals surface area contributed by atoms with Crippen molar-refractivity contribution in [2.45, 2.75) is 38.6 Å². The van der Waals surface area contributed by atoms with E-state index in [2.05, 4.69) is 0 Å². The summed E-state index contributed by atoms with van der Waals surface area (Å²) in [6.07, 6.45) is 1.72. The number of nitrogens with zero attached hydrogens (tertiary/aromatic N) is 1. The molecule has 0 fully saturated rings. The summed E-state index contributed by atoms with van der Waals surface area (Å²) >= 11 is 0. The van der Waals surface area contributed by atoms with Gasteiger partial charge >= 0.3 is 5.69 Å². The summed E-state index contributed by atoms with van der Waals surface area (Å²) in [6, 6.07) is 4.78. The number of aryl methyl sites for hydroxylation is 1. The summed E-state index contributed by atoms with van der Waals surface area (Å²) in [6.45, 7) is 3.66. The minimum atomic E-state index is -1.03. The summed E-state index contributed by atoms with van der Waals surface area (Å²) in [5.74, 6) is -0.258. The van der Waals surface area contributed by atoms with E-state index in [1.54, 1.807) is 26.0 Å². The number of rotatable bonds is 8. The molecule has 0 aliphatic carbocycles. The Kier molecular flexibility index (Phi) is 5.66. The van der Waals surface area contributed by atoms with Gasteiger partial charge in [-0.2, -0.15) is 0 Å². The quantitative estimate of drug-likeness (QED) is 0.429. The smallest absolute Gasteiger partial charge is 0.311 e. The predicted molar refractivity (Wildman–Crippen MR) is 79.0 cm³/mol. The topological polar surface area (TPSA) is 121 Å². The number of carbonyl (C=O) groups excluding carboxylic acids is 1. The van der Waals surface area contributed by atoms with Gasteiger partial charge in [-0.05, 0) is 38.7 Å². The second kappa shape index (κ2) is 7.03. The number of amides is 1. The first-order valence-corrected chi connectivity index (χ1v) is 6.71. The van der Waals surface area contributed by atoms with Crippen molar-refractivity contribution in [3.05, 3.63) is 33.9 Å². The van der Waals surface area contributed by atoms with Gasteiger partial charge in [0.05, 0.1) is 17.1 Å². The zero-order valence-electron chi connectivity index (χ0n) is 12.3. The number of ether oxygens (including phenoxy) is 1. The molecule has 4 N–H and O–H groups in total. The zero-order valence-corrected chi connectivity index (χ0v) is 12.3. The highest BCUT2D eigenvalue weighted by Gasteiger charge is 2.24. The Labute approximate surface area is 123 Å². The summed E-state index contributed by atoms with van der Waals surface area (Å²) < 4.78 is 5.51. The molecule has 1 rings (SSSR count). The number of unbranched alkanes of at least 4 members (excludes halogenated alkanes) is 1. The summed E-state index contributed by atoms with van der Waals surface area (Å²) in [5, 5.41) is 10.9. The van der Waals surface area contributed by atoms with E-state index in [1.807, 2.05) is 0 Å². The highest BCUT2D eigenvalue weighted by molar-refractivity contribution is 5.83. The lowest BCUT2D eigenvalue weighted by Gasteiger charge is -2.20. The van der Waals surface area contributed by atoms with Gasteiger partial charge in [0.15, 0.2) is 5.75 Å². The number of carbonyl (C=O) groups is 1. The molecule has 0 saturated heterocycles. The maximum absolute atomic E-state index is 11.1. The maximum atomic E-state index is 11.1. The van der Waals surface area contributed by atoms with Crippen LogP contribution in [-0.2, 0) is 4.79 Å². The number of hydrogen-bond acceptors (Lipinski definition) is 5. The number of nitrogens with two attached hydrogens (primary N) is 2. The van der Waals surface area contributed by atoms with E-state index in [4.69, 9.17) is 16.2 Å². The van der Waals surface area contributed by atoms with Gasteiger partial charge in [-0.1, -0.05) is 12.1 Å². The molecule has 116 valence electrons. The molecule has 0 aliphatic rings. The SMILES string of the molecule is Cc1cccc([N+](=O)[O-])c1OCCCCC(C)(N)C(N)=O. The van der Waals surface area contributed by atoms with Crippen LogP contribution in [0.5, 0.6) is 5.75 Å². The molecule has 1 atom stereocenters. The van der Waals surface area contributed by atoms with Gasteiger partial charge in [0.1, 0.15) is 0 Å². The molecule has 0 bridgehead atoms. The molecule has 7 heteroatoms. The van der Waals surface area contributed by atoms with E-state index >= 15 is 0 Å². The lowest BCUT2D eigenvalue weighted by molar-refractivity contribution is -0.385. The van der Waals surface area contributed by atoms with Crippen LogP contribution in [-0.4, -0.2) is 23.0 Å². The van der Waals surface area contributed by atoms with Gasteiger partial charge in [-0.15, -0.1) is 0 Å². The fourth-order valence-electron chi connectivity index (χ4n) is 1.86. The van der Waals surface area contributed by atoms with E-state index in [1.165, 1.54) is 6.07 Å². The molecule has 1 aromatic rings. The lowest BCUT2D eigenvalue weighted by Crippen LogP contribution is -2.49. The van der Waals surface area contributed by atoms with Crippen molar-refractivity contribution < 1.29 is 14.5 Å². The second-order valence-electron chi connectivity index (χ2n) is 5.27. The normalized spacial score (nSPS) is 13.5. The minimum absolute atomic E-state index is 0.0456. The molecule has 0 spiro atoms. The zero-order chi connectivity index (χ0) is 16.0. The van der Waals surface area contributed by atoms with E-state index < -0.39 is 16.4 Å². The Morgan fingerprint density at radius 1 is 1.43 bits per heavy atom. The van der Waals surface area contributed by atoms with Crippen molar-refractivity contribution >= 4 is 11.6 Å². The molecule has 1 amide bonds. The molecule has 1 unspecified atom stereocenters. The Balaban J connectivity index is 2.51. The van der Waals surface area contributed by atoms with Crippen LogP contribution in [0.4, 0.5) is 5.69 Å².